The predicted octanol–water partition coefficient (Wildman–Crippen LogP) is 19.4. The van der Waals surface area contributed by atoms with Gasteiger partial charge in [0.25, 0.3) is 6.71 Å². The lowest BCUT2D eigenvalue weighted by molar-refractivity contribution is 0.673. The van der Waals surface area contributed by atoms with E-state index in [-0.39, 0.29) is 6.71 Å². The van der Waals surface area contributed by atoms with E-state index in [1.165, 1.54) is 16.4 Å². The molecule has 0 saturated heterocycles. The molecule has 0 radical (unpaired) electrons. The van der Waals surface area contributed by atoms with Gasteiger partial charge < -0.3 is 18.8 Å². The Morgan fingerprint density at radius 3 is 1.37 bits per heavy atom. The van der Waals surface area contributed by atoms with E-state index in [0.29, 0.717) is 23.3 Å². The van der Waals surface area contributed by atoms with Gasteiger partial charge in [0, 0.05) is 83.7 Å². The number of benzene rings is 13. The molecule has 0 fully saturated rings. The van der Waals surface area contributed by atoms with Crippen LogP contribution in [0.15, 0.2) is 326 Å². The Morgan fingerprint density at radius 1 is 0.284 bits per heavy atom. The predicted molar refractivity (Wildman–Crippen MR) is 389 cm³/mol. The van der Waals surface area contributed by atoms with Crippen LogP contribution in [0.25, 0.3) is 129 Å². The lowest BCUT2D eigenvalue weighted by atomic mass is 9.33. The van der Waals surface area contributed by atoms with Gasteiger partial charge >= 0.3 is 0 Å². The van der Waals surface area contributed by atoms with Crippen LogP contribution in [0, 0.1) is 0 Å². The van der Waals surface area contributed by atoms with Crippen molar-refractivity contribution < 1.29 is 4.42 Å². The maximum absolute atomic E-state index is 6.82. The highest BCUT2D eigenvalue weighted by Crippen LogP contribution is 2.48. The molecule has 9 nitrogen and oxygen atoms in total. The number of anilines is 6. The van der Waals surface area contributed by atoms with Crippen LogP contribution in [0.5, 0.6) is 0 Å². The van der Waals surface area contributed by atoms with Crippen molar-refractivity contribution in [1.82, 2.24) is 29.5 Å². The normalized spacial score (nSPS) is 12.4. The van der Waals surface area contributed by atoms with Crippen LogP contribution in [-0.2, 0) is 0 Å². The van der Waals surface area contributed by atoms with Crippen LogP contribution in [-0.4, -0.2) is 36.2 Å². The zero-order chi connectivity index (χ0) is 62.5. The number of hydrogen-bond acceptors (Lipinski definition) is 8. The standard InChI is InChI=1S/C85H53BN8O/c1-6-24-55(25-7-1)69-53-70(56-26-8-2-9-27-56)88-84(87-69)59-46-48-72(94-71-38-20-16-35-65(71)79-75(94)49-47-64-63-34-17-23-41-78(63)95-81(64)79)66(50-59)85-90-82(57-28-10-3-11-29-57)89-83(91-85)58-44-42-54(43-45-58)60-51-76-80-77(52-60)93(62-32-14-5-15-33-62)74-40-22-19-37-68(74)86(80)67-36-18-21-39-73(67)92(76)61-30-12-4-13-31-61/h1-53H. The van der Waals surface area contributed by atoms with Crippen LogP contribution in [0.1, 0.15) is 0 Å². The molecule has 0 N–H and O–H groups in total. The SMILES string of the molecule is c1ccc(-c2cc(-c3ccccc3)nc(-c3ccc(-n4c5ccccc5c5c6oc7ccccc7c6ccc54)c(-c4nc(-c5ccccc5)nc(-c5ccc(-c6cc7c8c(c6)N(c6ccccc6)c6ccccc6B8c6ccccc6N7c6ccccc6)cc5)n4)c3)n2)cc1. The first-order valence-corrected chi connectivity index (χ1v) is 32.1. The van der Waals surface area contributed by atoms with Crippen molar-refractivity contribution in [2.75, 3.05) is 9.80 Å². The summed E-state index contributed by atoms with van der Waals surface area (Å²) in [7, 11) is 0. The van der Waals surface area contributed by atoms with Gasteiger partial charge in [-0.1, -0.05) is 224 Å². The summed E-state index contributed by atoms with van der Waals surface area (Å²) in [6.07, 6.45) is 0. The Bertz CT molecular complexity index is 5690. The second-order valence-corrected chi connectivity index (χ2v) is 24.3. The van der Waals surface area contributed by atoms with Gasteiger partial charge in [0.1, 0.15) is 11.2 Å². The van der Waals surface area contributed by atoms with Gasteiger partial charge in [-0.2, -0.15) is 0 Å². The Labute approximate surface area is 547 Å². The third kappa shape index (κ3) is 8.91. The summed E-state index contributed by atoms with van der Waals surface area (Å²) in [6, 6.07) is 113. The first-order valence-electron chi connectivity index (χ1n) is 32.1. The fourth-order valence-electron chi connectivity index (χ4n) is 14.6. The van der Waals surface area contributed by atoms with Gasteiger partial charge in [0.2, 0.25) is 0 Å². The highest BCUT2D eigenvalue weighted by molar-refractivity contribution is 7.00. The Morgan fingerprint density at radius 2 is 0.758 bits per heavy atom. The van der Waals surface area contributed by atoms with E-state index in [0.717, 1.165) is 139 Å². The van der Waals surface area contributed by atoms with Crippen LogP contribution in [0.3, 0.4) is 0 Å². The third-order valence-electron chi connectivity index (χ3n) is 18.8. The smallest absolute Gasteiger partial charge is 0.252 e. The number of rotatable bonds is 10. The molecule has 13 aromatic carbocycles. The zero-order valence-corrected chi connectivity index (χ0v) is 51.2. The Balaban J connectivity index is 0.819. The number of para-hydroxylation sites is 6. The summed E-state index contributed by atoms with van der Waals surface area (Å²) in [5.41, 5.74) is 24.1. The monoisotopic (exact) mass is 1210 g/mol. The molecule has 10 heteroatoms. The summed E-state index contributed by atoms with van der Waals surface area (Å²) in [5.74, 6) is 2.12. The Kier molecular flexibility index (Phi) is 12.5. The first-order chi connectivity index (χ1) is 47.1. The molecule has 17 aromatic rings. The molecule has 0 bridgehead atoms. The van der Waals surface area contributed by atoms with E-state index in [1.54, 1.807) is 0 Å². The van der Waals surface area contributed by atoms with Crippen molar-refractivity contribution in [1.29, 1.82) is 0 Å². The molecule has 442 valence electrons. The molecule has 0 aliphatic carbocycles. The summed E-state index contributed by atoms with van der Waals surface area (Å²) < 4.78 is 9.15. The highest BCUT2D eigenvalue weighted by atomic mass is 16.3. The van der Waals surface area contributed by atoms with Crippen LogP contribution in [0.4, 0.5) is 34.1 Å². The van der Waals surface area contributed by atoms with Crippen molar-refractivity contribution in [3.8, 4) is 84.9 Å². The summed E-state index contributed by atoms with van der Waals surface area (Å²) >= 11 is 0. The van der Waals surface area contributed by atoms with E-state index in [2.05, 4.69) is 269 Å². The molecule has 0 amide bonds. The Hall–Kier alpha value is -12.8. The molecule has 2 aliphatic heterocycles. The number of aromatic nitrogens is 6. The zero-order valence-electron chi connectivity index (χ0n) is 51.2. The summed E-state index contributed by atoms with van der Waals surface area (Å²) in [6.45, 7) is 0.00286. The number of nitrogens with zero attached hydrogens (tertiary/aromatic N) is 8. The second kappa shape index (κ2) is 22.0. The van der Waals surface area contributed by atoms with E-state index < -0.39 is 0 Å². The fourth-order valence-corrected chi connectivity index (χ4v) is 14.6. The lowest BCUT2D eigenvalue weighted by Crippen LogP contribution is -2.61. The first kappa shape index (κ1) is 54.0. The molecular formula is C85H53BN8O. The number of hydrogen-bond donors (Lipinski definition) is 0. The quantitative estimate of drug-likeness (QED) is 0.125. The van der Waals surface area contributed by atoms with Crippen molar-refractivity contribution in [3.63, 3.8) is 0 Å². The van der Waals surface area contributed by atoms with Crippen molar-refractivity contribution in [2.24, 2.45) is 0 Å². The van der Waals surface area contributed by atoms with E-state index in [9.17, 15) is 0 Å². The minimum absolute atomic E-state index is 0.00286. The van der Waals surface area contributed by atoms with Crippen LogP contribution >= 0.6 is 0 Å². The van der Waals surface area contributed by atoms with Crippen LogP contribution in [0.2, 0.25) is 0 Å². The van der Waals surface area contributed by atoms with Gasteiger partial charge in [-0.15, -0.1) is 0 Å². The molecule has 6 heterocycles. The maximum Gasteiger partial charge on any atom is 0.252 e. The molecule has 0 atom stereocenters. The van der Waals surface area contributed by atoms with Crippen molar-refractivity contribution in [2.45, 2.75) is 0 Å². The van der Waals surface area contributed by atoms with E-state index >= 15 is 0 Å². The fraction of sp³-hybridized carbons (Fsp3) is 0. The van der Waals surface area contributed by atoms with Crippen molar-refractivity contribution in [3.05, 3.63) is 322 Å². The molecule has 0 spiro atoms. The number of fused-ring (bicyclic) bond motifs is 11. The molecule has 0 saturated carbocycles. The van der Waals surface area contributed by atoms with E-state index in [4.69, 9.17) is 29.3 Å². The summed E-state index contributed by atoms with van der Waals surface area (Å²) in [5, 5.41) is 4.22. The highest BCUT2D eigenvalue weighted by Gasteiger charge is 2.43. The minimum atomic E-state index is 0.00286. The van der Waals surface area contributed by atoms with Gasteiger partial charge in [0.05, 0.1) is 33.5 Å². The molecule has 2 aliphatic rings. The second-order valence-electron chi connectivity index (χ2n) is 24.3. The van der Waals surface area contributed by atoms with Crippen molar-refractivity contribution >= 4 is 101 Å². The topological polar surface area (TPSA) is 89.0 Å². The van der Waals surface area contributed by atoms with Crippen LogP contribution < -0.4 is 26.2 Å². The minimum Gasteiger partial charge on any atom is -0.455 e. The van der Waals surface area contributed by atoms with E-state index in [1.807, 2.05) is 66.7 Å². The molecule has 4 aromatic heterocycles. The molecule has 0 unspecified atom stereocenters. The lowest BCUT2D eigenvalue weighted by Gasteiger charge is -2.44. The summed E-state index contributed by atoms with van der Waals surface area (Å²) in [4.78, 5) is 32.1. The third-order valence-corrected chi connectivity index (χ3v) is 18.8. The van der Waals surface area contributed by atoms with Gasteiger partial charge in [-0.05, 0) is 125 Å². The average Bonchev–Trinajstić information content (AvgIpc) is 1.72. The average molecular weight is 1210 g/mol. The number of furan rings is 1. The maximum atomic E-state index is 6.82. The van der Waals surface area contributed by atoms with Gasteiger partial charge in [-0.25, -0.2) is 24.9 Å². The molecular weight excluding hydrogens is 1160 g/mol. The van der Waals surface area contributed by atoms with Gasteiger partial charge in [0.15, 0.2) is 23.3 Å². The molecule has 19 rings (SSSR count). The van der Waals surface area contributed by atoms with Gasteiger partial charge in [-0.3, -0.25) is 0 Å². The molecule has 95 heavy (non-hydrogen) atoms. The largest absolute Gasteiger partial charge is 0.455 e.